The number of nitrogens with zero attached hydrogens (tertiary/aromatic N) is 1. The molecule has 3 nitrogen and oxygen atoms in total. The quantitative estimate of drug-likeness (QED) is 0.596. The third-order valence-electron chi connectivity index (χ3n) is 4.68. The van der Waals surface area contributed by atoms with Crippen LogP contribution >= 0.6 is 12.2 Å². The van der Waals surface area contributed by atoms with Crippen molar-refractivity contribution in [1.29, 1.82) is 0 Å². The summed E-state index contributed by atoms with van der Waals surface area (Å²) in [6.07, 6.45) is 2.76. The monoisotopic (exact) mass is 333 g/mol. The van der Waals surface area contributed by atoms with Gasteiger partial charge in [0.1, 0.15) is 0 Å². The minimum Gasteiger partial charge on any atom is -0.466 e. The molecule has 0 bridgehead atoms. The van der Waals surface area contributed by atoms with Gasteiger partial charge in [-0.2, -0.15) is 0 Å². The molecule has 4 heteroatoms. The largest absolute Gasteiger partial charge is 0.466 e. The Morgan fingerprint density at radius 2 is 1.96 bits per heavy atom. The van der Waals surface area contributed by atoms with Crippen LogP contribution in [0.5, 0.6) is 0 Å². The summed E-state index contributed by atoms with van der Waals surface area (Å²) < 4.78 is 5.27. The summed E-state index contributed by atoms with van der Waals surface area (Å²) in [5, 5.41) is 0. The number of ether oxygens (including phenoxy) is 1. The average Bonchev–Trinajstić information content (AvgIpc) is 3.31. The van der Waals surface area contributed by atoms with Crippen molar-refractivity contribution >= 4 is 23.2 Å². The fourth-order valence-electron chi connectivity index (χ4n) is 3.29. The third kappa shape index (κ3) is 3.92. The van der Waals surface area contributed by atoms with Gasteiger partial charge in [0.15, 0.2) is 0 Å². The zero-order chi connectivity index (χ0) is 16.9. The second-order valence-electron chi connectivity index (χ2n) is 6.04. The first-order valence-corrected chi connectivity index (χ1v) is 9.05. The Morgan fingerprint density at radius 3 is 2.52 bits per heavy atom. The highest BCUT2D eigenvalue weighted by molar-refractivity contribution is 7.80. The lowest BCUT2D eigenvalue weighted by atomic mass is 9.88. The number of hydrogen-bond acceptors (Lipinski definition) is 3. The molecule has 0 spiro atoms. The van der Waals surface area contributed by atoms with Gasteiger partial charge in [-0.15, -0.1) is 0 Å². The van der Waals surface area contributed by atoms with E-state index in [1.54, 1.807) is 0 Å². The molecule has 0 N–H and O–H groups in total. The minimum atomic E-state index is -0.245. The maximum absolute atomic E-state index is 12.2. The average molecular weight is 333 g/mol. The van der Waals surface area contributed by atoms with E-state index >= 15 is 0 Å². The van der Waals surface area contributed by atoms with Gasteiger partial charge in [-0.1, -0.05) is 56.4 Å². The molecule has 0 amide bonds. The molecule has 1 aliphatic carbocycles. The van der Waals surface area contributed by atoms with Crippen LogP contribution in [0.1, 0.15) is 45.6 Å². The molecule has 126 valence electrons. The highest BCUT2D eigenvalue weighted by Crippen LogP contribution is 2.56. The first-order valence-electron chi connectivity index (χ1n) is 8.64. The van der Waals surface area contributed by atoms with E-state index in [2.05, 4.69) is 17.0 Å². The van der Waals surface area contributed by atoms with E-state index in [1.165, 1.54) is 5.56 Å². The van der Waals surface area contributed by atoms with Gasteiger partial charge >= 0.3 is 5.97 Å². The van der Waals surface area contributed by atoms with Crippen LogP contribution in [0.3, 0.4) is 0 Å². The van der Waals surface area contributed by atoms with E-state index in [1.807, 2.05) is 39.0 Å². The number of esters is 1. The van der Waals surface area contributed by atoms with E-state index in [0.717, 1.165) is 37.3 Å². The molecule has 0 radical (unpaired) electrons. The lowest BCUT2D eigenvalue weighted by Gasteiger charge is -2.22. The van der Waals surface area contributed by atoms with Crippen molar-refractivity contribution in [3.05, 3.63) is 35.9 Å². The lowest BCUT2D eigenvalue weighted by Crippen LogP contribution is -2.30. The van der Waals surface area contributed by atoms with E-state index < -0.39 is 0 Å². The normalized spacial score (nSPS) is 21.4. The minimum absolute atomic E-state index is 0.0145. The summed E-state index contributed by atoms with van der Waals surface area (Å²) in [6, 6.07) is 10.4. The number of hydrogen-bond donors (Lipinski definition) is 0. The van der Waals surface area contributed by atoms with Gasteiger partial charge in [-0.05, 0) is 31.2 Å². The molecule has 2 aliphatic rings. The standard InChI is InChI=1S/C17H21NO2S.C2H6/c1-2-20-16(19)17(8-9-17)14-10-15(21)18(12-14)11-13-6-4-3-5-7-13;1-2/h3-7,14H,2,8-12H2,1H3;1-2H3. The molecular weight excluding hydrogens is 306 g/mol. The van der Waals surface area contributed by atoms with Crippen molar-refractivity contribution in [3.63, 3.8) is 0 Å². The van der Waals surface area contributed by atoms with Gasteiger partial charge in [0.2, 0.25) is 0 Å². The fourth-order valence-corrected chi connectivity index (χ4v) is 3.63. The molecular formula is C19H27NO2S. The van der Waals surface area contributed by atoms with Gasteiger partial charge in [-0.3, -0.25) is 4.79 Å². The SMILES string of the molecule is CC.CCOC(=O)C1(C2CC(=S)N(Cc3ccccc3)C2)CC1. The second-order valence-corrected chi connectivity index (χ2v) is 6.51. The van der Waals surface area contributed by atoms with Gasteiger partial charge < -0.3 is 9.64 Å². The molecule has 0 aromatic heterocycles. The van der Waals surface area contributed by atoms with Crippen molar-refractivity contribution in [2.75, 3.05) is 13.2 Å². The summed E-state index contributed by atoms with van der Waals surface area (Å²) in [5.41, 5.74) is 1.02. The summed E-state index contributed by atoms with van der Waals surface area (Å²) in [7, 11) is 0. The molecule has 1 saturated heterocycles. The summed E-state index contributed by atoms with van der Waals surface area (Å²) in [6.45, 7) is 8.06. The third-order valence-corrected chi connectivity index (χ3v) is 5.11. The number of carbonyl (C=O) groups excluding carboxylic acids is 1. The lowest BCUT2D eigenvalue weighted by molar-refractivity contribution is -0.151. The Hall–Kier alpha value is -1.42. The van der Waals surface area contributed by atoms with Crippen molar-refractivity contribution in [2.45, 2.75) is 46.6 Å². The fraction of sp³-hybridized carbons (Fsp3) is 0.579. The molecule has 1 aromatic rings. The van der Waals surface area contributed by atoms with Crippen LogP contribution in [0.25, 0.3) is 0 Å². The molecule has 1 heterocycles. The molecule has 2 fully saturated rings. The van der Waals surface area contributed by atoms with E-state index in [0.29, 0.717) is 12.5 Å². The highest BCUT2D eigenvalue weighted by atomic mass is 32.1. The van der Waals surface area contributed by atoms with E-state index in [9.17, 15) is 4.79 Å². The number of benzene rings is 1. The molecule has 1 unspecified atom stereocenters. The van der Waals surface area contributed by atoms with Crippen molar-refractivity contribution in [2.24, 2.45) is 11.3 Å². The number of thiocarbonyl (C=S) groups is 1. The maximum atomic E-state index is 12.2. The van der Waals surface area contributed by atoms with Crippen LogP contribution in [0.2, 0.25) is 0 Å². The molecule has 1 aliphatic heterocycles. The van der Waals surface area contributed by atoms with Crippen LogP contribution in [0.15, 0.2) is 30.3 Å². The van der Waals surface area contributed by atoms with E-state index in [4.69, 9.17) is 17.0 Å². The van der Waals surface area contributed by atoms with Crippen LogP contribution in [0, 0.1) is 11.3 Å². The van der Waals surface area contributed by atoms with Crippen molar-refractivity contribution < 1.29 is 9.53 Å². The number of carbonyl (C=O) groups is 1. The summed E-state index contributed by atoms with van der Waals surface area (Å²) in [5.74, 6) is 0.312. The van der Waals surface area contributed by atoms with Crippen LogP contribution < -0.4 is 0 Å². The highest BCUT2D eigenvalue weighted by Gasteiger charge is 2.58. The Kier molecular flexibility index (Phi) is 6.17. The van der Waals surface area contributed by atoms with Crippen LogP contribution in [0.4, 0.5) is 0 Å². The number of likely N-dealkylation sites (tertiary alicyclic amines) is 1. The van der Waals surface area contributed by atoms with Gasteiger partial charge in [0.05, 0.1) is 17.0 Å². The van der Waals surface area contributed by atoms with Crippen LogP contribution in [-0.2, 0) is 16.1 Å². The van der Waals surface area contributed by atoms with E-state index in [-0.39, 0.29) is 11.4 Å². The topological polar surface area (TPSA) is 29.5 Å². The molecule has 1 atom stereocenters. The summed E-state index contributed by atoms with van der Waals surface area (Å²) in [4.78, 5) is 15.4. The van der Waals surface area contributed by atoms with Crippen LogP contribution in [-0.4, -0.2) is 29.0 Å². The second kappa shape index (κ2) is 7.91. The first kappa shape index (κ1) is 17.9. The molecule has 23 heavy (non-hydrogen) atoms. The predicted molar refractivity (Wildman–Crippen MR) is 97.2 cm³/mol. The molecule has 3 rings (SSSR count). The maximum Gasteiger partial charge on any atom is 0.312 e. The van der Waals surface area contributed by atoms with Gasteiger partial charge in [0.25, 0.3) is 0 Å². The zero-order valence-corrected chi connectivity index (χ0v) is 15.2. The zero-order valence-electron chi connectivity index (χ0n) is 14.4. The molecule has 1 saturated carbocycles. The molecule has 1 aromatic carbocycles. The van der Waals surface area contributed by atoms with Crippen molar-refractivity contribution in [3.8, 4) is 0 Å². The summed E-state index contributed by atoms with van der Waals surface area (Å²) >= 11 is 5.54. The smallest absolute Gasteiger partial charge is 0.312 e. The Labute approximate surface area is 145 Å². The van der Waals surface area contributed by atoms with Gasteiger partial charge in [0, 0.05) is 19.5 Å². The number of rotatable bonds is 5. The Morgan fingerprint density at radius 1 is 1.30 bits per heavy atom. The van der Waals surface area contributed by atoms with Crippen molar-refractivity contribution in [1.82, 2.24) is 4.90 Å². The Balaban J connectivity index is 0.000000924. The Bertz CT molecular complexity index is 540. The van der Waals surface area contributed by atoms with Gasteiger partial charge in [-0.25, -0.2) is 0 Å². The first-order chi connectivity index (χ1) is 11.2. The predicted octanol–water partition coefficient (Wildman–Crippen LogP) is 4.21.